The lowest BCUT2D eigenvalue weighted by Crippen LogP contribution is -2.43. The third-order valence-corrected chi connectivity index (χ3v) is 4.61. The first-order valence-corrected chi connectivity index (χ1v) is 8.89. The van der Waals surface area contributed by atoms with Crippen molar-refractivity contribution in [3.8, 4) is 0 Å². The van der Waals surface area contributed by atoms with Crippen molar-refractivity contribution in [2.45, 2.75) is 45.6 Å². The van der Waals surface area contributed by atoms with Gasteiger partial charge in [0, 0.05) is 32.7 Å². The number of aliphatic imine (C=N–C) groups is 1. The third-order valence-electron chi connectivity index (χ3n) is 4.61. The van der Waals surface area contributed by atoms with E-state index in [0.717, 1.165) is 38.2 Å². The molecule has 2 rings (SSSR count). The monoisotopic (exact) mass is 444 g/mol. The summed E-state index contributed by atoms with van der Waals surface area (Å²) < 4.78 is 0. The van der Waals surface area contributed by atoms with E-state index >= 15 is 0 Å². The normalized spacial score (nSPS) is 15.8. The van der Waals surface area contributed by atoms with Crippen molar-refractivity contribution in [1.29, 1.82) is 0 Å². The number of benzene rings is 1. The average Bonchev–Trinajstić information content (AvgIpc) is 3.39. The van der Waals surface area contributed by atoms with Crippen molar-refractivity contribution >= 4 is 29.9 Å². The van der Waals surface area contributed by atoms with Crippen LogP contribution in [0.15, 0.2) is 29.3 Å². The smallest absolute Gasteiger partial charge is 0.191 e. The van der Waals surface area contributed by atoms with Crippen LogP contribution in [-0.4, -0.2) is 50.1 Å². The van der Waals surface area contributed by atoms with Crippen LogP contribution in [0.4, 0.5) is 0 Å². The average molecular weight is 444 g/mol. The van der Waals surface area contributed by atoms with Crippen LogP contribution in [0.3, 0.4) is 0 Å². The molecule has 1 saturated carbocycles. The molecular formula is C19H33IN4. The molecule has 0 radical (unpaired) electrons. The number of hydrogen-bond acceptors (Lipinski definition) is 2. The molecule has 2 N–H and O–H groups in total. The number of likely N-dealkylation sites (N-methyl/N-ethyl adjacent to an activating group) is 1. The minimum Gasteiger partial charge on any atom is -0.356 e. The second-order valence-electron chi connectivity index (χ2n) is 6.55. The highest BCUT2D eigenvalue weighted by molar-refractivity contribution is 14.0. The van der Waals surface area contributed by atoms with Crippen molar-refractivity contribution in [3.63, 3.8) is 0 Å². The summed E-state index contributed by atoms with van der Waals surface area (Å²) >= 11 is 0. The Hall–Kier alpha value is -0.820. The molecule has 0 aliphatic heterocycles. The molecule has 1 aliphatic carbocycles. The van der Waals surface area contributed by atoms with E-state index in [1.165, 1.54) is 24.0 Å². The molecular weight excluding hydrogens is 411 g/mol. The summed E-state index contributed by atoms with van der Waals surface area (Å²) in [6, 6.07) is 9.62. The Kier molecular flexibility index (Phi) is 9.66. The lowest BCUT2D eigenvalue weighted by molar-refractivity contribution is 0.282. The van der Waals surface area contributed by atoms with E-state index in [1.807, 2.05) is 7.05 Å². The molecule has 0 bridgehead atoms. The Labute approximate surface area is 164 Å². The maximum Gasteiger partial charge on any atom is 0.191 e. The minimum absolute atomic E-state index is 0. The zero-order valence-electron chi connectivity index (χ0n) is 15.5. The third kappa shape index (κ3) is 6.97. The van der Waals surface area contributed by atoms with E-state index in [4.69, 9.17) is 0 Å². The van der Waals surface area contributed by atoms with Crippen molar-refractivity contribution in [2.75, 3.05) is 33.2 Å². The number of hydrogen-bond donors (Lipinski definition) is 2. The van der Waals surface area contributed by atoms with Gasteiger partial charge >= 0.3 is 0 Å². The highest BCUT2D eigenvalue weighted by Gasteiger charge is 2.27. The molecule has 0 aromatic heterocycles. The minimum atomic E-state index is 0. The fourth-order valence-electron chi connectivity index (χ4n) is 2.84. The van der Waals surface area contributed by atoms with Crippen molar-refractivity contribution in [1.82, 2.24) is 15.5 Å². The van der Waals surface area contributed by atoms with E-state index in [9.17, 15) is 0 Å². The second kappa shape index (κ2) is 10.9. The molecule has 1 atom stereocenters. The van der Waals surface area contributed by atoms with Gasteiger partial charge in [-0.05, 0) is 37.8 Å². The molecule has 136 valence electrons. The predicted molar refractivity (Wildman–Crippen MR) is 115 cm³/mol. The SMILES string of the molecule is CCN(CCNC(=NC)NCC(C)c1ccc(C)cc1)C1CC1.I. The maximum absolute atomic E-state index is 4.33. The lowest BCUT2D eigenvalue weighted by Gasteiger charge is -2.21. The fraction of sp³-hybridized carbons (Fsp3) is 0.632. The Morgan fingerprint density at radius 2 is 1.92 bits per heavy atom. The van der Waals surface area contributed by atoms with Gasteiger partial charge in [0.15, 0.2) is 5.96 Å². The van der Waals surface area contributed by atoms with Gasteiger partial charge in [-0.1, -0.05) is 43.7 Å². The van der Waals surface area contributed by atoms with Crippen molar-refractivity contribution in [2.24, 2.45) is 4.99 Å². The van der Waals surface area contributed by atoms with E-state index in [0.29, 0.717) is 5.92 Å². The van der Waals surface area contributed by atoms with Gasteiger partial charge in [-0.3, -0.25) is 9.89 Å². The highest BCUT2D eigenvalue weighted by atomic mass is 127. The largest absolute Gasteiger partial charge is 0.356 e. The van der Waals surface area contributed by atoms with Gasteiger partial charge in [0.1, 0.15) is 0 Å². The highest BCUT2D eigenvalue weighted by Crippen LogP contribution is 2.25. The summed E-state index contributed by atoms with van der Waals surface area (Å²) in [4.78, 5) is 6.88. The van der Waals surface area contributed by atoms with E-state index in [1.54, 1.807) is 0 Å². The number of nitrogens with one attached hydrogen (secondary N) is 2. The second-order valence-corrected chi connectivity index (χ2v) is 6.55. The topological polar surface area (TPSA) is 39.7 Å². The predicted octanol–water partition coefficient (Wildman–Crippen LogP) is 3.37. The number of guanidine groups is 1. The molecule has 0 heterocycles. The van der Waals surface area contributed by atoms with Crippen LogP contribution in [0, 0.1) is 6.92 Å². The van der Waals surface area contributed by atoms with E-state index in [-0.39, 0.29) is 24.0 Å². The van der Waals surface area contributed by atoms with Crippen LogP contribution in [0.5, 0.6) is 0 Å². The summed E-state index contributed by atoms with van der Waals surface area (Å²) in [6.07, 6.45) is 2.74. The molecule has 1 aromatic rings. The Morgan fingerprint density at radius 1 is 1.25 bits per heavy atom. The molecule has 0 spiro atoms. The summed E-state index contributed by atoms with van der Waals surface area (Å²) in [6.45, 7) is 10.7. The summed E-state index contributed by atoms with van der Waals surface area (Å²) in [5.41, 5.74) is 2.67. The molecule has 1 aliphatic rings. The van der Waals surface area contributed by atoms with Crippen molar-refractivity contribution < 1.29 is 0 Å². The van der Waals surface area contributed by atoms with Crippen LogP contribution in [0.1, 0.15) is 43.7 Å². The standard InChI is InChI=1S/C19H32N4.HI/c1-5-23(18-10-11-18)13-12-21-19(20-4)22-14-16(3)17-8-6-15(2)7-9-17;/h6-9,16,18H,5,10-14H2,1-4H3,(H2,20,21,22);1H. The van der Waals surface area contributed by atoms with Gasteiger partial charge in [0.05, 0.1) is 0 Å². The molecule has 0 amide bonds. The first-order valence-electron chi connectivity index (χ1n) is 8.89. The van der Waals surface area contributed by atoms with Gasteiger partial charge in [-0.2, -0.15) is 0 Å². The number of aryl methyl sites for hydroxylation is 1. The Morgan fingerprint density at radius 3 is 2.46 bits per heavy atom. The number of halogens is 1. The first-order chi connectivity index (χ1) is 11.1. The Bertz CT molecular complexity index is 497. The van der Waals surface area contributed by atoms with Crippen LogP contribution in [0.2, 0.25) is 0 Å². The summed E-state index contributed by atoms with van der Waals surface area (Å²) in [5.74, 6) is 1.36. The number of rotatable bonds is 8. The maximum atomic E-state index is 4.33. The number of nitrogens with zero attached hydrogens (tertiary/aromatic N) is 2. The van der Waals surface area contributed by atoms with E-state index < -0.39 is 0 Å². The quantitative estimate of drug-likeness (QED) is 0.367. The van der Waals surface area contributed by atoms with Gasteiger partial charge in [-0.25, -0.2) is 0 Å². The molecule has 0 saturated heterocycles. The van der Waals surface area contributed by atoms with E-state index in [2.05, 4.69) is 65.6 Å². The molecule has 4 nitrogen and oxygen atoms in total. The van der Waals surface area contributed by atoms with Gasteiger partial charge in [-0.15, -0.1) is 24.0 Å². The first kappa shape index (κ1) is 21.2. The fourth-order valence-corrected chi connectivity index (χ4v) is 2.84. The molecule has 24 heavy (non-hydrogen) atoms. The van der Waals surface area contributed by atoms with Crippen LogP contribution in [0.25, 0.3) is 0 Å². The van der Waals surface area contributed by atoms with Gasteiger partial charge in [0.25, 0.3) is 0 Å². The Balaban J connectivity index is 0.00000288. The van der Waals surface area contributed by atoms with Crippen LogP contribution in [-0.2, 0) is 0 Å². The van der Waals surface area contributed by atoms with Gasteiger partial charge in [0.2, 0.25) is 0 Å². The van der Waals surface area contributed by atoms with Crippen LogP contribution < -0.4 is 10.6 Å². The zero-order chi connectivity index (χ0) is 16.7. The van der Waals surface area contributed by atoms with Gasteiger partial charge < -0.3 is 10.6 Å². The molecule has 5 heteroatoms. The molecule has 1 aromatic carbocycles. The van der Waals surface area contributed by atoms with Crippen LogP contribution >= 0.6 is 24.0 Å². The molecule has 1 fully saturated rings. The summed E-state index contributed by atoms with van der Waals surface area (Å²) in [7, 11) is 1.84. The zero-order valence-corrected chi connectivity index (χ0v) is 17.8. The molecule has 1 unspecified atom stereocenters. The summed E-state index contributed by atoms with van der Waals surface area (Å²) in [5, 5.41) is 6.87. The lowest BCUT2D eigenvalue weighted by atomic mass is 10.0. The van der Waals surface area contributed by atoms with Crippen molar-refractivity contribution in [3.05, 3.63) is 35.4 Å².